The summed E-state index contributed by atoms with van der Waals surface area (Å²) in [5, 5.41) is 2.01. The molecule has 1 heterocycles. The Morgan fingerprint density at radius 3 is 2.66 bits per heavy atom. The van der Waals surface area contributed by atoms with Gasteiger partial charge in [0.15, 0.2) is 0 Å². The van der Waals surface area contributed by atoms with Gasteiger partial charge in [-0.2, -0.15) is 0 Å². The third kappa shape index (κ3) is 5.63. The summed E-state index contributed by atoms with van der Waals surface area (Å²) in [6.45, 7) is 0.727. The molecule has 0 bridgehead atoms. The van der Waals surface area contributed by atoms with Crippen molar-refractivity contribution in [3.05, 3.63) is 77.6 Å². The lowest BCUT2D eigenvalue weighted by Crippen LogP contribution is -2.34. The average Bonchev–Trinajstić information content (AvgIpc) is 2.73. The molecule has 0 aliphatic carbocycles. The van der Waals surface area contributed by atoms with Crippen LogP contribution >= 0.6 is 11.6 Å². The van der Waals surface area contributed by atoms with Gasteiger partial charge in [0, 0.05) is 47.8 Å². The predicted octanol–water partition coefficient (Wildman–Crippen LogP) is 3.34. The van der Waals surface area contributed by atoms with Crippen molar-refractivity contribution in [3.63, 3.8) is 0 Å². The second-order valence-electron chi connectivity index (χ2n) is 6.30. The molecule has 1 N–H and O–H groups in total. The highest BCUT2D eigenvalue weighted by atomic mass is 35.5. The number of amides is 1. The molecule has 8 heteroatoms. The zero-order valence-electron chi connectivity index (χ0n) is 15.5. The highest BCUT2D eigenvalue weighted by molar-refractivity contribution is 7.89. The maximum atomic E-state index is 12.7. The van der Waals surface area contributed by atoms with E-state index >= 15 is 0 Å². The molecule has 1 amide bonds. The molecular weight excluding hydrogens is 410 g/mol. The molecule has 2 aromatic carbocycles. The standard InChI is InChI=1S/C21H20ClN3O3S/c22-19-8-6-17(7-9-19)3-2-13-25(16-26)14-12-24-29(27,28)21-5-1-4-18-15-23-11-10-20(18)21/h1-11,15-16,24H,12-14H2. The average molecular weight is 430 g/mol. The third-order valence-corrected chi connectivity index (χ3v) is 6.06. The fourth-order valence-electron chi connectivity index (χ4n) is 2.81. The lowest BCUT2D eigenvalue weighted by atomic mass is 10.2. The Morgan fingerprint density at radius 1 is 1.10 bits per heavy atom. The van der Waals surface area contributed by atoms with Gasteiger partial charge >= 0.3 is 0 Å². The minimum atomic E-state index is -3.71. The van der Waals surface area contributed by atoms with E-state index in [0.717, 1.165) is 10.9 Å². The Morgan fingerprint density at radius 2 is 1.90 bits per heavy atom. The van der Waals surface area contributed by atoms with Crippen LogP contribution in [0.2, 0.25) is 5.02 Å². The number of hydrogen-bond acceptors (Lipinski definition) is 4. The molecule has 0 aliphatic rings. The molecule has 0 spiro atoms. The number of nitrogens with zero attached hydrogens (tertiary/aromatic N) is 2. The number of halogens is 1. The van der Waals surface area contributed by atoms with E-state index in [0.29, 0.717) is 23.4 Å². The number of hydrogen-bond donors (Lipinski definition) is 1. The number of carbonyl (C=O) groups is 1. The summed E-state index contributed by atoms with van der Waals surface area (Å²) in [6, 6.07) is 14.0. The van der Waals surface area contributed by atoms with E-state index in [4.69, 9.17) is 11.6 Å². The van der Waals surface area contributed by atoms with E-state index in [1.165, 1.54) is 4.90 Å². The van der Waals surface area contributed by atoms with Crippen molar-refractivity contribution in [1.29, 1.82) is 0 Å². The fraction of sp³-hybridized carbons (Fsp3) is 0.143. The first-order valence-electron chi connectivity index (χ1n) is 8.93. The summed E-state index contributed by atoms with van der Waals surface area (Å²) in [6.07, 6.45) is 7.59. The maximum Gasteiger partial charge on any atom is 0.241 e. The number of rotatable bonds is 9. The van der Waals surface area contributed by atoms with Gasteiger partial charge in [0.2, 0.25) is 16.4 Å². The van der Waals surface area contributed by atoms with Crippen molar-refractivity contribution >= 4 is 44.9 Å². The summed E-state index contributed by atoms with van der Waals surface area (Å²) >= 11 is 5.85. The highest BCUT2D eigenvalue weighted by Crippen LogP contribution is 2.21. The molecule has 0 unspecified atom stereocenters. The van der Waals surface area contributed by atoms with E-state index in [1.807, 2.05) is 30.4 Å². The van der Waals surface area contributed by atoms with Gasteiger partial charge in [-0.05, 0) is 29.8 Å². The molecule has 29 heavy (non-hydrogen) atoms. The number of sulfonamides is 1. The molecule has 0 saturated heterocycles. The van der Waals surface area contributed by atoms with Gasteiger partial charge in [-0.25, -0.2) is 13.1 Å². The van der Waals surface area contributed by atoms with Crippen LogP contribution in [0.3, 0.4) is 0 Å². The second-order valence-corrected chi connectivity index (χ2v) is 8.48. The Kier molecular flexibility index (Phi) is 6.98. The van der Waals surface area contributed by atoms with Crippen molar-refractivity contribution < 1.29 is 13.2 Å². The van der Waals surface area contributed by atoms with Crippen molar-refractivity contribution in [3.8, 4) is 0 Å². The van der Waals surface area contributed by atoms with Crippen LogP contribution < -0.4 is 4.72 Å². The highest BCUT2D eigenvalue weighted by Gasteiger charge is 2.17. The Hall–Kier alpha value is -2.74. The Balaban J connectivity index is 1.58. The predicted molar refractivity (Wildman–Crippen MR) is 115 cm³/mol. The quantitative estimate of drug-likeness (QED) is 0.529. The lowest BCUT2D eigenvalue weighted by molar-refractivity contribution is -0.117. The molecule has 0 fully saturated rings. The second kappa shape index (κ2) is 9.65. The first-order valence-corrected chi connectivity index (χ1v) is 10.8. The van der Waals surface area contributed by atoms with Crippen LogP contribution in [0, 0.1) is 0 Å². The lowest BCUT2D eigenvalue weighted by Gasteiger charge is -2.16. The molecule has 3 aromatic rings. The Labute approximate surface area is 174 Å². The summed E-state index contributed by atoms with van der Waals surface area (Å²) in [4.78, 5) is 17.0. The molecule has 0 aliphatic heterocycles. The third-order valence-electron chi connectivity index (χ3n) is 4.29. The number of nitrogens with one attached hydrogen (secondary N) is 1. The van der Waals surface area contributed by atoms with E-state index in [9.17, 15) is 13.2 Å². The van der Waals surface area contributed by atoms with Gasteiger partial charge in [0.05, 0.1) is 4.90 Å². The molecule has 0 atom stereocenters. The number of pyridine rings is 1. The summed E-state index contributed by atoms with van der Waals surface area (Å²) in [5.74, 6) is 0. The van der Waals surface area contributed by atoms with Crippen LogP contribution in [0.15, 0.2) is 71.9 Å². The van der Waals surface area contributed by atoms with Gasteiger partial charge in [0.1, 0.15) is 0 Å². The molecule has 3 rings (SSSR count). The minimum Gasteiger partial charge on any atom is -0.340 e. The molecule has 0 saturated carbocycles. The first-order chi connectivity index (χ1) is 14.0. The normalized spacial score (nSPS) is 11.8. The van der Waals surface area contributed by atoms with Gasteiger partial charge in [0.25, 0.3) is 0 Å². The van der Waals surface area contributed by atoms with Crippen LogP contribution in [-0.2, 0) is 14.8 Å². The first kappa shape index (κ1) is 21.0. The smallest absolute Gasteiger partial charge is 0.241 e. The van der Waals surface area contributed by atoms with Crippen molar-refractivity contribution in [1.82, 2.24) is 14.6 Å². The topological polar surface area (TPSA) is 79.4 Å². The number of fused-ring (bicyclic) bond motifs is 1. The zero-order chi connectivity index (χ0) is 20.7. The van der Waals surface area contributed by atoms with Crippen LogP contribution in [0.1, 0.15) is 5.56 Å². The van der Waals surface area contributed by atoms with E-state index in [2.05, 4.69) is 9.71 Å². The van der Waals surface area contributed by atoms with Gasteiger partial charge < -0.3 is 4.90 Å². The van der Waals surface area contributed by atoms with Crippen molar-refractivity contribution in [2.45, 2.75) is 4.90 Å². The summed E-state index contributed by atoms with van der Waals surface area (Å²) in [5.41, 5.74) is 0.964. The van der Waals surface area contributed by atoms with Crippen LogP contribution in [0.4, 0.5) is 0 Å². The largest absolute Gasteiger partial charge is 0.340 e. The van der Waals surface area contributed by atoms with Gasteiger partial charge in [-0.15, -0.1) is 0 Å². The number of carbonyl (C=O) groups excluding carboxylic acids is 1. The zero-order valence-corrected chi connectivity index (χ0v) is 17.1. The summed E-state index contributed by atoms with van der Waals surface area (Å²) in [7, 11) is -3.71. The van der Waals surface area contributed by atoms with E-state index in [-0.39, 0.29) is 18.0 Å². The number of benzene rings is 2. The maximum absolute atomic E-state index is 12.7. The van der Waals surface area contributed by atoms with Crippen LogP contribution in [0.5, 0.6) is 0 Å². The fourth-order valence-corrected chi connectivity index (χ4v) is 4.19. The molecular formula is C21H20ClN3O3S. The Bertz CT molecular complexity index is 1110. The van der Waals surface area contributed by atoms with E-state index < -0.39 is 10.0 Å². The SMILES string of the molecule is O=CN(CC=Cc1ccc(Cl)cc1)CCNS(=O)(=O)c1cccc2cnccc12. The van der Waals surface area contributed by atoms with Crippen LogP contribution in [0.25, 0.3) is 16.8 Å². The minimum absolute atomic E-state index is 0.108. The van der Waals surface area contributed by atoms with Crippen molar-refractivity contribution in [2.24, 2.45) is 0 Å². The van der Waals surface area contributed by atoms with Gasteiger partial charge in [-0.3, -0.25) is 9.78 Å². The molecule has 0 radical (unpaired) electrons. The molecule has 6 nitrogen and oxygen atoms in total. The van der Waals surface area contributed by atoms with Crippen molar-refractivity contribution in [2.75, 3.05) is 19.6 Å². The van der Waals surface area contributed by atoms with Gasteiger partial charge in [-0.1, -0.05) is 48.0 Å². The number of aromatic nitrogens is 1. The summed E-state index contributed by atoms with van der Waals surface area (Å²) < 4.78 is 27.9. The van der Waals surface area contributed by atoms with Crippen LogP contribution in [-0.4, -0.2) is 44.3 Å². The monoisotopic (exact) mass is 429 g/mol. The van der Waals surface area contributed by atoms with E-state index in [1.54, 1.807) is 42.7 Å². The molecule has 150 valence electrons. The molecule has 1 aromatic heterocycles.